The summed E-state index contributed by atoms with van der Waals surface area (Å²) >= 11 is 1.32. The molecule has 9 heteroatoms. The number of nitrogens with zero attached hydrogens (tertiary/aromatic N) is 4. The van der Waals surface area contributed by atoms with Crippen molar-refractivity contribution in [3.8, 4) is 0 Å². The average molecular weight is 346 g/mol. The highest BCUT2D eigenvalue weighted by Gasteiger charge is 2.19. The third-order valence-electron chi connectivity index (χ3n) is 3.58. The van der Waals surface area contributed by atoms with Crippen LogP contribution in [0.4, 0.5) is 11.1 Å². The molecule has 126 valence electrons. The number of hydrogen-bond acceptors (Lipinski definition) is 7. The summed E-state index contributed by atoms with van der Waals surface area (Å²) in [4.78, 5) is 37.7. The molecule has 3 heterocycles. The normalized spacial score (nSPS) is 14.0. The van der Waals surface area contributed by atoms with Gasteiger partial charge in [0.2, 0.25) is 11.9 Å². The van der Waals surface area contributed by atoms with Gasteiger partial charge in [-0.25, -0.2) is 15.0 Å². The number of thiazole rings is 1. The molecule has 0 bridgehead atoms. The zero-order chi connectivity index (χ0) is 16.8. The van der Waals surface area contributed by atoms with Gasteiger partial charge in [0.15, 0.2) is 5.13 Å². The molecule has 1 aliphatic heterocycles. The maximum absolute atomic E-state index is 12.1. The van der Waals surface area contributed by atoms with Gasteiger partial charge in [-0.3, -0.25) is 9.59 Å². The van der Waals surface area contributed by atoms with E-state index in [1.807, 2.05) is 4.90 Å². The molecule has 1 fully saturated rings. The van der Waals surface area contributed by atoms with Crippen LogP contribution in [0.15, 0.2) is 23.8 Å². The van der Waals surface area contributed by atoms with Crippen molar-refractivity contribution in [1.29, 1.82) is 0 Å². The molecule has 1 saturated heterocycles. The molecule has 3 rings (SSSR count). The van der Waals surface area contributed by atoms with Crippen molar-refractivity contribution in [2.45, 2.75) is 19.3 Å². The van der Waals surface area contributed by atoms with Crippen LogP contribution in [-0.4, -0.2) is 51.3 Å². The molecule has 2 N–H and O–H groups in total. The van der Waals surface area contributed by atoms with Gasteiger partial charge in [-0.1, -0.05) is 0 Å². The Labute approximate surface area is 143 Å². The average Bonchev–Trinajstić information content (AvgIpc) is 3.22. The van der Waals surface area contributed by atoms with Crippen molar-refractivity contribution in [2.75, 3.05) is 25.0 Å². The number of rotatable bonds is 7. The summed E-state index contributed by atoms with van der Waals surface area (Å²) < 4.78 is 0. The number of aromatic nitrogens is 3. The van der Waals surface area contributed by atoms with E-state index in [2.05, 4.69) is 25.6 Å². The highest BCUT2D eigenvalue weighted by Crippen LogP contribution is 2.18. The monoisotopic (exact) mass is 346 g/mol. The molecular weight excluding hydrogens is 328 g/mol. The van der Waals surface area contributed by atoms with Crippen molar-refractivity contribution >= 4 is 34.2 Å². The molecule has 8 nitrogen and oxygen atoms in total. The van der Waals surface area contributed by atoms with Gasteiger partial charge in [0.1, 0.15) is 5.69 Å². The van der Waals surface area contributed by atoms with Gasteiger partial charge in [-0.15, -0.1) is 11.3 Å². The minimum atomic E-state index is -0.221. The predicted molar refractivity (Wildman–Crippen MR) is 90.2 cm³/mol. The summed E-state index contributed by atoms with van der Waals surface area (Å²) in [5.74, 6) is 0.426. The van der Waals surface area contributed by atoms with E-state index in [1.165, 1.54) is 11.3 Å². The van der Waals surface area contributed by atoms with E-state index in [9.17, 15) is 9.59 Å². The number of amides is 2. The Bertz CT molecular complexity index is 705. The van der Waals surface area contributed by atoms with E-state index >= 15 is 0 Å². The second kappa shape index (κ2) is 7.82. The highest BCUT2D eigenvalue weighted by molar-refractivity contribution is 7.14. The van der Waals surface area contributed by atoms with E-state index < -0.39 is 0 Å². The molecule has 2 amide bonds. The minimum absolute atomic E-state index is 0.208. The number of carbonyl (C=O) groups is 2. The molecule has 2 aromatic rings. The van der Waals surface area contributed by atoms with E-state index in [-0.39, 0.29) is 11.8 Å². The van der Waals surface area contributed by atoms with Gasteiger partial charge < -0.3 is 15.5 Å². The molecule has 0 atom stereocenters. The largest absolute Gasteiger partial charge is 0.351 e. The maximum Gasteiger partial charge on any atom is 0.270 e. The van der Waals surface area contributed by atoms with Crippen LogP contribution in [0.3, 0.4) is 0 Å². The van der Waals surface area contributed by atoms with Crippen LogP contribution in [-0.2, 0) is 4.79 Å². The lowest BCUT2D eigenvalue weighted by Crippen LogP contribution is -2.30. The standard InChI is InChI=1S/C15H18N6O2S/c22-12-4-1-8-21(12)9-3-7-16-13(23)11-10-24-15(19-11)20-14-17-5-2-6-18-14/h2,5-6,10H,1,3-4,7-9H2,(H,16,23)(H,17,18,19,20). The highest BCUT2D eigenvalue weighted by atomic mass is 32.1. The van der Waals surface area contributed by atoms with Crippen molar-refractivity contribution in [2.24, 2.45) is 0 Å². The first-order valence-corrected chi connectivity index (χ1v) is 8.66. The van der Waals surface area contributed by atoms with Crippen molar-refractivity contribution in [3.63, 3.8) is 0 Å². The molecule has 0 unspecified atom stereocenters. The molecule has 24 heavy (non-hydrogen) atoms. The van der Waals surface area contributed by atoms with E-state index in [0.29, 0.717) is 36.3 Å². The molecule has 0 aromatic carbocycles. The number of nitrogens with one attached hydrogen (secondary N) is 2. The number of anilines is 2. The Balaban J connectivity index is 1.43. The summed E-state index contributed by atoms with van der Waals surface area (Å²) in [6.07, 6.45) is 5.57. The predicted octanol–water partition coefficient (Wildman–Crippen LogP) is 1.42. The Morgan fingerprint density at radius 1 is 1.33 bits per heavy atom. The summed E-state index contributed by atoms with van der Waals surface area (Å²) in [7, 11) is 0. The lowest BCUT2D eigenvalue weighted by molar-refractivity contribution is -0.127. The van der Waals surface area contributed by atoms with Crippen LogP contribution >= 0.6 is 11.3 Å². The van der Waals surface area contributed by atoms with Crippen molar-refractivity contribution in [1.82, 2.24) is 25.2 Å². The van der Waals surface area contributed by atoms with Crippen molar-refractivity contribution < 1.29 is 9.59 Å². The first-order valence-electron chi connectivity index (χ1n) is 7.78. The third kappa shape index (κ3) is 4.25. The zero-order valence-corrected chi connectivity index (χ0v) is 13.9. The smallest absolute Gasteiger partial charge is 0.270 e. The van der Waals surface area contributed by atoms with Crippen LogP contribution in [0.2, 0.25) is 0 Å². The van der Waals surface area contributed by atoms with Crippen LogP contribution < -0.4 is 10.6 Å². The molecular formula is C15H18N6O2S. The Morgan fingerprint density at radius 2 is 2.17 bits per heavy atom. The van der Waals surface area contributed by atoms with Gasteiger partial charge in [0.25, 0.3) is 5.91 Å². The van der Waals surface area contributed by atoms with Crippen LogP contribution in [0, 0.1) is 0 Å². The fraction of sp³-hybridized carbons (Fsp3) is 0.400. The van der Waals surface area contributed by atoms with Crippen LogP contribution in [0.5, 0.6) is 0 Å². The van der Waals surface area contributed by atoms with E-state index in [1.54, 1.807) is 23.8 Å². The van der Waals surface area contributed by atoms with Crippen LogP contribution in [0.1, 0.15) is 29.8 Å². The second-order valence-electron chi connectivity index (χ2n) is 5.33. The lowest BCUT2D eigenvalue weighted by Gasteiger charge is -2.14. The SMILES string of the molecule is O=C(NCCCN1CCCC1=O)c1csc(Nc2ncccn2)n1. The lowest BCUT2D eigenvalue weighted by atomic mass is 10.3. The molecule has 1 aliphatic rings. The fourth-order valence-corrected chi connectivity index (χ4v) is 3.08. The number of hydrogen-bond donors (Lipinski definition) is 2. The Morgan fingerprint density at radius 3 is 2.92 bits per heavy atom. The molecule has 0 spiro atoms. The quantitative estimate of drug-likeness (QED) is 0.736. The topological polar surface area (TPSA) is 100 Å². The Hall–Kier alpha value is -2.55. The van der Waals surface area contributed by atoms with Crippen LogP contribution in [0.25, 0.3) is 0 Å². The molecule has 0 aliphatic carbocycles. The zero-order valence-electron chi connectivity index (χ0n) is 13.1. The van der Waals surface area contributed by atoms with Gasteiger partial charge in [0.05, 0.1) is 0 Å². The molecule has 2 aromatic heterocycles. The fourth-order valence-electron chi connectivity index (χ4n) is 2.40. The first-order chi connectivity index (χ1) is 11.7. The summed E-state index contributed by atoms with van der Waals surface area (Å²) in [5, 5.41) is 8.02. The maximum atomic E-state index is 12.1. The summed E-state index contributed by atoms with van der Waals surface area (Å²) in [5.41, 5.74) is 0.357. The third-order valence-corrected chi connectivity index (χ3v) is 4.34. The van der Waals surface area contributed by atoms with E-state index in [0.717, 1.165) is 19.4 Å². The number of carbonyl (C=O) groups excluding carboxylic acids is 2. The summed E-state index contributed by atoms with van der Waals surface area (Å²) in [6, 6.07) is 1.72. The first kappa shape index (κ1) is 16.3. The number of likely N-dealkylation sites (tertiary alicyclic amines) is 1. The van der Waals surface area contributed by atoms with Gasteiger partial charge in [0, 0.05) is 43.8 Å². The van der Waals surface area contributed by atoms with Gasteiger partial charge >= 0.3 is 0 Å². The van der Waals surface area contributed by atoms with E-state index in [4.69, 9.17) is 0 Å². The minimum Gasteiger partial charge on any atom is -0.351 e. The van der Waals surface area contributed by atoms with Crippen molar-refractivity contribution in [3.05, 3.63) is 29.5 Å². The Kier molecular flexibility index (Phi) is 5.32. The molecule has 0 radical (unpaired) electrons. The van der Waals surface area contributed by atoms with Gasteiger partial charge in [-0.2, -0.15) is 0 Å². The summed E-state index contributed by atoms with van der Waals surface area (Å²) in [6.45, 7) is 2.04. The second-order valence-corrected chi connectivity index (χ2v) is 6.19. The van der Waals surface area contributed by atoms with Gasteiger partial charge in [-0.05, 0) is 18.9 Å². The molecule has 0 saturated carbocycles.